The minimum Gasteiger partial charge on any atom is -0.489 e. The van der Waals surface area contributed by atoms with E-state index in [4.69, 9.17) is 14.2 Å². The number of piperidine rings is 3. The van der Waals surface area contributed by atoms with Crippen LogP contribution in [0.5, 0.6) is 5.75 Å². The molecule has 0 radical (unpaired) electrons. The topological polar surface area (TPSA) is 85.4 Å². The first-order valence-corrected chi connectivity index (χ1v) is 15.4. The average molecular weight is 597 g/mol. The number of hydrogen-bond donors (Lipinski definition) is 0. The molecule has 0 unspecified atom stereocenters. The molecule has 3 aromatic rings. The van der Waals surface area contributed by atoms with Crippen LogP contribution < -0.4 is 4.74 Å². The fourth-order valence-corrected chi connectivity index (χ4v) is 6.35. The van der Waals surface area contributed by atoms with Crippen molar-refractivity contribution in [3.05, 3.63) is 101 Å². The average Bonchev–Trinajstić information content (AvgIpc) is 3.00. The summed E-state index contributed by atoms with van der Waals surface area (Å²) in [6.45, 7) is 9.36. The van der Waals surface area contributed by atoms with Crippen molar-refractivity contribution in [3.8, 4) is 5.75 Å². The maximum atomic E-state index is 13.7. The number of likely N-dealkylation sites (tertiary alicyclic amines) is 1. The number of hydrogen-bond acceptors (Lipinski definition) is 7. The Bertz CT molecular complexity index is 1480. The van der Waals surface area contributed by atoms with E-state index in [2.05, 4.69) is 4.90 Å². The van der Waals surface area contributed by atoms with E-state index < -0.39 is 11.0 Å². The standard InChI is InChI=1S/C36H40N2O6/c1-35(2,3)44-33(40)28-11-9-25(10-12-28)22-42-30-15-13-27(14-16-30)32(39)38-23-36(24-38,29-7-5-4-6-8-29)34(41)43-31-21-37-19-17-26(31)18-20-37/h4-16,26,31H,17-24H2,1-3H3/t31-/m0/s1. The van der Waals surface area contributed by atoms with Gasteiger partial charge in [-0.05, 0) is 100 Å². The molecule has 4 aliphatic heterocycles. The third-order valence-electron chi connectivity index (χ3n) is 8.88. The maximum absolute atomic E-state index is 13.7. The van der Waals surface area contributed by atoms with Crippen LogP contribution >= 0.6 is 0 Å². The highest BCUT2D eigenvalue weighted by Gasteiger charge is 2.54. The van der Waals surface area contributed by atoms with Crippen molar-refractivity contribution in [1.82, 2.24) is 9.80 Å². The monoisotopic (exact) mass is 596 g/mol. The maximum Gasteiger partial charge on any atom is 0.338 e. The summed E-state index contributed by atoms with van der Waals surface area (Å²) in [6, 6.07) is 23.9. The number of rotatable bonds is 8. The Hall–Kier alpha value is -4.17. The van der Waals surface area contributed by atoms with Crippen LogP contribution in [0, 0.1) is 5.92 Å². The van der Waals surface area contributed by atoms with Crippen LogP contribution in [0.1, 0.15) is 65.5 Å². The summed E-state index contributed by atoms with van der Waals surface area (Å²) in [5.74, 6) is 0.332. The summed E-state index contributed by atoms with van der Waals surface area (Å²) >= 11 is 0. The lowest BCUT2D eigenvalue weighted by Crippen LogP contribution is -2.66. The molecule has 2 bridgehead atoms. The summed E-state index contributed by atoms with van der Waals surface area (Å²) in [7, 11) is 0. The molecule has 4 fully saturated rings. The van der Waals surface area contributed by atoms with Crippen molar-refractivity contribution in [2.45, 2.75) is 57.3 Å². The molecular weight excluding hydrogens is 556 g/mol. The first-order valence-electron chi connectivity index (χ1n) is 15.4. The highest BCUT2D eigenvalue weighted by Crippen LogP contribution is 2.39. The van der Waals surface area contributed by atoms with E-state index in [0.717, 1.165) is 43.6 Å². The zero-order valence-electron chi connectivity index (χ0n) is 25.7. The van der Waals surface area contributed by atoms with Crippen molar-refractivity contribution >= 4 is 17.8 Å². The molecule has 0 saturated carbocycles. The molecule has 44 heavy (non-hydrogen) atoms. The second-order valence-corrected chi connectivity index (χ2v) is 13.2. The summed E-state index contributed by atoms with van der Waals surface area (Å²) in [4.78, 5) is 43.5. The van der Waals surface area contributed by atoms with Gasteiger partial charge in [-0.2, -0.15) is 0 Å². The molecule has 1 atom stereocenters. The minimum atomic E-state index is -0.856. The summed E-state index contributed by atoms with van der Waals surface area (Å²) in [5.41, 5.74) is 1.41. The highest BCUT2D eigenvalue weighted by atomic mass is 16.6. The van der Waals surface area contributed by atoms with Crippen LogP contribution in [0.3, 0.4) is 0 Å². The van der Waals surface area contributed by atoms with Crippen molar-refractivity contribution in [2.75, 3.05) is 32.7 Å². The van der Waals surface area contributed by atoms with Gasteiger partial charge < -0.3 is 19.1 Å². The second kappa shape index (κ2) is 12.1. The third-order valence-corrected chi connectivity index (χ3v) is 8.88. The van der Waals surface area contributed by atoms with E-state index in [1.807, 2.05) is 63.2 Å². The molecule has 4 aliphatic rings. The Morgan fingerprint density at radius 3 is 2.07 bits per heavy atom. The Balaban J connectivity index is 1.06. The molecule has 1 amide bonds. The number of nitrogens with zero attached hydrogens (tertiary/aromatic N) is 2. The Kier molecular flexibility index (Phi) is 8.20. The van der Waals surface area contributed by atoms with E-state index in [-0.39, 0.29) is 37.0 Å². The van der Waals surface area contributed by atoms with E-state index in [1.54, 1.807) is 41.3 Å². The van der Waals surface area contributed by atoms with Gasteiger partial charge in [0.25, 0.3) is 5.91 Å². The Morgan fingerprint density at radius 2 is 1.48 bits per heavy atom. The van der Waals surface area contributed by atoms with Gasteiger partial charge >= 0.3 is 11.9 Å². The van der Waals surface area contributed by atoms with Crippen LogP contribution in [-0.4, -0.2) is 72.1 Å². The molecule has 0 aromatic heterocycles. The zero-order valence-corrected chi connectivity index (χ0v) is 25.7. The zero-order chi connectivity index (χ0) is 30.9. The SMILES string of the molecule is CC(C)(C)OC(=O)c1ccc(COc2ccc(C(=O)N3CC(C(=O)O[C@H]4CN5CCC4CC5)(c4ccccc4)C3)cc2)cc1. The fourth-order valence-electron chi connectivity index (χ4n) is 6.35. The van der Waals surface area contributed by atoms with E-state index in [1.165, 1.54) is 0 Å². The van der Waals surface area contributed by atoms with Crippen LogP contribution in [-0.2, 0) is 26.3 Å². The summed E-state index contributed by atoms with van der Waals surface area (Å²) in [5, 5.41) is 0. The first kappa shape index (κ1) is 29.9. The number of ether oxygens (including phenoxy) is 3. The predicted octanol–water partition coefficient (Wildman–Crippen LogP) is 5.25. The number of carbonyl (C=O) groups excluding carboxylic acids is 3. The fraction of sp³-hybridized carbons (Fsp3) is 0.417. The van der Waals surface area contributed by atoms with Crippen LogP contribution in [0.2, 0.25) is 0 Å². The molecule has 4 heterocycles. The lowest BCUT2D eigenvalue weighted by Gasteiger charge is -2.50. The molecule has 8 nitrogen and oxygen atoms in total. The van der Waals surface area contributed by atoms with Crippen LogP contribution in [0.4, 0.5) is 0 Å². The van der Waals surface area contributed by atoms with Crippen LogP contribution in [0.25, 0.3) is 0 Å². The number of benzene rings is 3. The van der Waals surface area contributed by atoms with Gasteiger partial charge in [-0.15, -0.1) is 0 Å². The minimum absolute atomic E-state index is 0.0780. The van der Waals surface area contributed by atoms with E-state index in [9.17, 15) is 14.4 Å². The predicted molar refractivity (Wildman–Crippen MR) is 165 cm³/mol. The molecule has 3 aromatic carbocycles. The van der Waals surface area contributed by atoms with Gasteiger partial charge in [-0.1, -0.05) is 42.5 Å². The molecule has 0 N–H and O–H groups in total. The molecule has 8 heteroatoms. The smallest absolute Gasteiger partial charge is 0.338 e. The van der Waals surface area contributed by atoms with Gasteiger partial charge in [0, 0.05) is 25.2 Å². The number of amides is 1. The Morgan fingerprint density at radius 1 is 0.841 bits per heavy atom. The van der Waals surface area contributed by atoms with E-state index in [0.29, 0.717) is 29.4 Å². The molecule has 0 aliphatic carbocycles. The Labute approximate surface area is 258 Å². The number of fused-ring (bicyclic) bond motifs is 3. The third kappa shape index (κ3) is 6.36. The van der Waals surface area contributed by atoms with Crippen LogP contribution in [0.15, 0.2) is 78.9 Å². The summed E-state index contributed by atoms with van der Waals surface area (Å²) < 4.78 is 17.5. The first-order chi connectivity index (χ1) is 21.1. The highest BCUT2D eigenvalue weighted by molar-refractivity contribution is 5.97. The van der Waals surface area contributed by atoms with Crippen molar-refractivity contribution in [3.63, 3.8) is 0 Å². The quantitative estimate of drug-likeness (QED) is 0.328. The van der Waals surface area contributed by atoms with E-state index >= 15 is 0 Å². The van der Waals surface area contributed by atoms with Gasteiger partial charge in [0.15, 0.2) is 0 Å². The molecule has 7 rings (SSSR count). The normalized spacial score (nSPS) is 22.1. The lowest BCUT2D eigenvalue weighted by molar-refractivity contribution is -0.171. The molecule has 4 saturated heterocycles. The van der Waals surface area contributed by atoms with Gasteiger partial charge in [0.05, 0.1) is 5.56 Å². The molecular formula is C36H40N2O6. The van der Waals surface area contributed by atoms with Gasteiger partial charge in [0.2, 0.25) is 0 Å². The van der Waals surface area contributed by atoms with Gasteiger partial charge in [-0.3, -0.25) is 14.5 Å². The second-order valence-electron chi connectivity index (χ2n) is 13.2. The largest absolute Gasteiger partial charge is 0.489 e. The summed E-state index contributed by atoms with van der Waals surface area (Å²) in [6.07, 6.45) is 2.06. The number of esters is 2. The number of carbonyl (C=O) groups is 3. The van der Waals surface area contributed by atoms with Crippen molar-refractivity contribution in [2.24, 2.45) is 5.92 Å². The van der Waals surface area contributed by atoms with Crippen molar-refractivity contribution < 1.29 is 28.6 Å². The lowest BCUT2D eigenvalue weighted by atomic mass is 9.73. The molecule has 0 spiro atoms. The van der Waals surface area contributed by atoms with Gasteiger partial charge in [-0.25, -0.2) is 4.79 Å². The van der Waals surface area contributed by atoms with Crippen molar-refractivity contribution in [1.29, 1.82) is 0 Å². The molecule has 230 valence electrons. The van der Waals surface area contributed by atoms with Gasteiger partial charge in [0.1, 0.15) is 29.5 Å².